The van der Waals surface area contributed by atoms with E-state index in [-0.39, 0.29) is 17.8 Å². The maximum Gasteiger partial charge on any atom is 0.417 e. The fourth-order valence-corrected chi connectivity index (χ4v) is 5.50. The molecule has 3 aromatic heterocycles. The van der Waals surface area contributed by atoms with Crippen molar-refractivity contribution in [1.29, 1.82) is 0 Å². The Labute approximate surface area is 257 Å². The Morgan fingerprint density at radius 3 is 2.73 bits per heavy atom. The van der Waals surface area contributed by atoms with Gasteiger partial charge in [0.1, 0.15) is 5.69 Å². The first-order valence-electron chi connectivity index (χ1n) is 14.2. The van der Waals surface area contributed by atoms with Crippen LogP contribution in [0.2, 0.25) is 5.02 Å². The highest BCUT2D eigenvalue weighted by molar-refractivity contribution is 6.31. The van der Waals surface area contributed by atoms with Crippen molar-refractivity contribution in [2.75, 3.05) is 18.4 Å². The summed E-state index contributed by atoms with van der Waals surface area (Å²) in [5.74, 6) is 5.98. The summed E-state index contributed by atoms with van der Waals surface area (Å²) in [4.78, 5) is 17.6. The van der Waals surface area contributed by atoms with Crippen LogP contribution in [0.3, 0.4) is 0 Å². The van der Waals surface area contributed by atoms with Crippen LogP contribution >= 0.6 is 11.6 Å². The van der Waals surface area contributed by atoms with Crippen molar-refractivity contribution in [2.24, 2.45) is 0 Å². The van der Waals surface area contributed by atoms with Gasteiger partial charge >= 0.3 is 6.18 Å². The maximum absolute atomic E-state index is 13.3. The van der Waals surface area contributed by atoms with Crippen LogP contribution in [0.15, 0.2) is 73.3 Å². The lowest BCUT2D eigenvalue weighted by Crippen LogP contribution is -2.29. The average Bonchev–Trinajstić information content (AvgIpc) is 3.65. The third kappa shape index (κ3) is 6.34. The summed E-state index contributed by atoms with van der Waals surface area (Å²) in [5, 5.41) is 10.9. The van der Waals surface area contributed by atoms with E-state index >= 15 is 0 Å². The number of imidazole rings is 1. The molecule has 44 heavy (non-hydrogen) atoms. The number of fused-ring (bicyclic) bond motifs is 1. The molecule has 0 amide bonds. The predicted molar refractivity (Wildman–Crippen MR) is 163 cm³/mol. The zero-order chi connectivity index (χ0) is 30.8. The Morgan fingerprint density at radius 1 is 1.11 bits per heavy atom. The molecule has 0 saturated carbocycles. The molecule has 0 spiro atoms. The van der Waals surface area contributed by atoms with Gasteiger partial charge in [-0.25, -0.2) is 4.98 Å². The summed E-state index contributed by atoms with van der Waals surface area (Å²) in [6.07, 6.45) is 4.68. The van der Waals surface area contributed by atoms with Gasteiger partial charge in [-0.1, -0.05) is 35.7 Å². The number of nitrogens with zero attached hydrogens (tertiary/aromatic N) is 4. The van der Waals surface area contributed by atoms with Gasteiger partial charge in [-0.2, -0.15) is 18.3 Å². The molecular weight excluding hydrogens is 589 g/mol. The third-order valence-corrected chi connectivity index (χ3v) is 8.01. The third-order valence-electron chi connectivity index (χ3n) is 7.68. The number of nitrogens with one attached hydrogen (secondary N) is 2. The molecule has 1 fully saturated rings. The highest BCUT2D eigenvalue weighted by atomic mass is 35.5. The molecule has 1 aliphatic rings. The van der Waals surface area contributed by atoms with E-state index in [1.54, 1.807) is 24.4 Å². The summed E-state index contributed by atoms with van der Waals surface area (Å²) in [6.45, 7) is 3.86. The summed E-state index contributed by atoms with van der Waals surface area (Å²) in [6, 6.07) is 12.9. The van der Waals surface area contributed by atoms with Crippen molar-refractivity contribution < 1.29 is 18.0 Å². The van der Waals surface area contributed by atoms with Gasteiger partial charge in [0.05, 0.1) is 40.4 Å². The van der Waals surface area contributed by atoms with Crippen molar-refractivity contribution in [3.05, 3.63) is 112 Å². The Bertz CT molecular complexity index is 1910. The quantitative estimate of drug-likeness (QED) is 0.159. The van der Waals surface area contributed by atoms with Gasteiger partial charge in [-0.05, 0) is 80.2 Å². The molecule has 0 atom stereocenters. The first-order valence-corrected chi connectivity index (χ1v) is 14.5. The fraction of sp³-hybridized carbons (Fsp3) is 0.242. The zero-order valence-electron chi connectivity index (χ0n) is 23.8. The van der Waals surface area contributed by atoms with E-state index in [1.807, 2.05) is 46.7 Å². The topological polar surface area (TPSA) is 76.2 Å². The summed E-state index contributed by atoms with van der Waals surface area (Å²) in [5.41, 5.74) is 4.17. The second-order valence-corrected chi connectivity index (χ2v) is 11.2. The molecule has 0 radical (unpaired) electrons. The smallest absolute Gasteiger partial charge is 0.350 e. The number of carbonyl (C=O) groups excluding carboxylic acids is 1. The first kappa shape index (κ1) is 29.5. The minimum atomic E-state index is -4.60. The Kier molecular flexibility index (Phi) is 8.17. The van der Waals surface area contributed by atoms with Gasteiger partial charge in [-0.3, -0.25) is 13.9 Å². The number of aryl methyl sites for hydroxylation is 1. The first-order chi connectivity index (χ1) is 21.2. The normalized spacial score (nSPS) is 13.9. The van der Waals surface area contributed by atoms with Gasteiger partial charge in [0.2, 0.25) is 0 Å². The van der Waals surface area contributed by atoms with Crippen LogP contribution < -0.4 is 10.6 Å². The number of anilines is 2. The van der Waals surface area contributed by atoms with Crippen LogP contribution in [0.5, 0.6) is 0 Å². The Hall–Kier alpha value is -4.59. The van der Waals surface area contributed by atoms with Crippen molar-refractivity contribution >= 4 is 34.4 Å². The van der Waals surface area contributed by atoms with Crippen molar-refractivity contribution in [2.45, 2.75) is 38.4 Å². The molecule has 0 aliphatic carbocycles. The van der Waals surface area contributed by atoms with Crippen LogP contribution in [-0.4, -0.2) is 38.0 Å². The van der Waals surface area contributed by atoms with Crippen LogP contribution in [0.4, 0.5) is 24.5 Å². The highest BCUT2D eigenvalue weighted by Crippen LogP contribution is 2.35. The van der Waals surface area contributed by atoms with Crippen LogP contribution in [0.1, 0.15) is 57.2 Å². The molecular formula is C33H28ClF3N6O. The summed E-state index contributed by atoms with van der Waals surface area (Å²) in [7, 11) is 0. The number of ketones is 1. The number of rotatable bonds is 6. The average molecular weight is 617 g/mol. The number of carbonyl (C=O) groups is 1. The van der Waals surface area contributed by atoms with Gasteiger partial charge in [0.25, 0.3) is 0 Å². The van der Waals surface area contributed by atoms with Crippen molar-refractivity contribution in [3.8, 4) is 11.8 Å². The van der Waals surface area contributed by atoms with Gasteiger partial charge in [0.15, 0.2) is 11.4 Å². The zero-order valence-corrected chi connectivity index (χ0v) is 24.5. The Morgan fingerprint density at radius 2 is 1.93 bits per heavy atom. The van der Waals surface area contributed by atoms with Gasteiger partial charge in [0, 0.05) is 29.9 Å². The molecule has 2 aromatic carbocycles. The number of aromatic nitrogens is 4. The molecule has 0 unspecified atom stereocenters. The lowest BCUT2D eigenvalue weighted by Gasteiger charge is -2.22. The largest absolute Gasteiger partial charge is 0.417 e. The van der Waals surface area contributed by atoms with Crippen molar-refractivity contribution in [3.63, 3.8) is 0 Å². The predicted octanol–water partition coefficient (Wildman–Crippen LogP) is 7.00. The van der Waals surface area contributed by atoms with Crippen LogP contribution in [0.25, 0.3) is 5.65 Å². The second-order valence-electron chi connectivity index (χ2n) is 10.8. The molecule has 0 bridgehead atoms. The SMILES string of the molecule is Cc1ccc(C(=O)Cc2ccc(Cl)c(C(F)(F)F)c2)cc1C#Cc1cnc2c(Nc3cnn(C4CCNCC4)c3)cccn12. The van der Waals surface area contributed by atoms with E-state index in [1.165, 1.54) is 6.07 Å². The van der Waals surface area contributed by atoms with Gasteiger partial charge in [-0.15, -0.1) is 0 Å². The lowest BCUT2D eigenvalue weighted by molar-refractivity contribution is -0.137. The molecule has 5 aromatic rings. The molecule has 2 N–H and O–H groups in total. The van der Waals surface area contributed by atoms with Crippen LogP contribution in [-0.2, 0) is 12.6 Å². The lowest BCUT2D eigenvalue weighted by atomic mass is 9.98. The number of pyridine rings is 1. The highest BCUT2D eigenvalue weighted by Gasteiger charge is 2.33. The monoisotopic (exact) mass is 616 g/mol. The van der Waals surface area contributed by atoms with Crippen molar-refractivity contribution in [1.82, 2.24) is 24.5 Å². The summed E-state index contributed by atoms with van der Waals surface area (Å²) >= 11 is 5.72. The van der Waals surface area contributed by atoms with E-state index in [0.29, 0.717) is 28.5 Å². The number of alkyl halides is 3. The number of benzene rings is 2. The molecule has 6 rings (SSSR count). The molecule has 7 nitrogen and oxygen atoms in total. The molecule has 224 valence electrons. The number of hydrogen-bond donors (Lipinski definition) is 2. The molecule has 1 aliphatic heterocycles. The van der Waals surface area contributed by atoms with E-state index in [2.05, 4.69) is 32.6 Å². The number of Topliss-reactive ketones (excluding diaryl/α,β-unsaturated/α-hetero) is 1. The Balaban J connectivity index is 1.21. The number of hydrogen-bond acceptors (Lipinski definition) is 5. The number of piperidine rings is 1. The maximum atomic E-state index is 13.3. The van der Waals surface area contributed by atoms with E-state index < -0.39 is 16.8 Å². The number of halogens is 4. The van der Waals surface area contributed by atoms with E-state index in [4.69, 9.17) is 11.6 Å². The molecule has 4 heterocycles. The standard InChI is InChI=1S/C33H28ClF3N6O/c1-21-4-6-24(31(44)16-22-5-9-29(34)28(15-22)33(35,36)37)17-23(21)7-8-27-19-39-32-30(3-2-14-42(27)32)41-25-18-40-43(20-25)26-10-12-38-13-11-26/h2-6,9,14-15,17-20,26,38,41H,10-13,16H2,1H3. The molecule has 1 saturated heterocycles. The van der Waals surface area contributed by atoms with E-state index in [0.717, 1.165) is 55.0 Å². The second kappa shape index (κ2) is 12.2. The molecule has 11 heteroatoms. The fourth-order valence-electron chi connectivity index (χ4n) is 5.28. The van der Waals surface area contributed by atoms with Crippen LogP contribution in [0, 0.1) is 18.8 Å². The van der Waals surface area contributed by atoms with E-state index in [9.17, 15) is 18.0 Å². The minimum Gasteiger partial charge on any atom is -0.350 e. The van der Waals surface area contributed by atoms with Gasteiger partial charge < -0.3 is 10.6 Å². The summed E-state index contributed by atoms with van der Waals surface area (Å²) < 4.78 is 43.7. The minimum absolute atomic E-state index is 0.198.